The summed E-state index contributed by atoms with van der Waals surface area (Å²) in [5.41, 5.74) is 2.88. The number of aromatic nitrogens is 4. The van der Waals surface area contributed by atoms with Gasteiger partial charge in [0, 0.05) is 45.9 Å². The summed E-state index contributed by atoms with van der Waals surface area (Å²) in [5, 5.41) is 13.4. The Labute approximate surface area is 208 Å². The van der Waals surface area contributed by atoms with E-state index in [2.05, 4.69) is 53.5 Å². The van der Waals surface area contributed by atoms with E-state index in [-0.39, 0.29) is 10.9 Å². The van der Waals surface area contributed by atoms with Gasteiger partial charge in [0.25, 0.3) is 0 Å². The van der Waals surface area contributed by atoms with Crippen molar-refractivity contribution < 1.29 is 9.18 Å². The minimum atomic E-state index is -0.483. The van der Waals surface area contributed by atoms with E-state index in [1.165, 1.54) is 18.2 Å². The molecule has 0 spiro atoms. The van der Waals surface area contributed by atoms with E-state index >= 15 is 0 Å². The number of benzene rings is 2. The van der Waals surface area contributed by atoms with E-state index in [1.54, 1.807) is 48.5 Å². The van der Waals surface area contributed by atoms with Crippen LogP contribution in [0.25, 0.3) is 11.1 Å². The molecule has 8 nitrogen and oxygen atoms in total. The summed E-state index contributed by atoms with van der Waals surface area (Å²) in [7, 11) is 1.80. The first kappa shape index (κ1) is 23.4. The van der Waals surface area contributed by atoms with Crippen LogP contribution in [0.5, 0.6) is 0 Å². The monoisotopic (exact) mass is 541 g/mol. The van der Waals surface area contributed by atoms with Gasteiger partial charge >= 0.3 is 0 Å². The van der Waals surface area contributed by atoms with E-state index in [9.17, 15) is 9.18 Å². The number of halogens is 3. The Kier molecular flexibility index (Phi) is 6.90. The fourth-order valence-electron chi connectivity index (χ4n) is 3.14. The van der Waals surface area contributed by atoms with Gasteiger partial charge in [0.1, 0.15) is 11.6 Å². The third-order valence-corrected chi connectivity index (χ3v) is 5.21. The lowest BCUT2D eigenvalue weighted by atomic mass is 10.1. The zero-order valence-corrected chi connectivity index (χ0v) is 20.2. The average Bonchev–Trinajstić information content (AvgIpc) is 3.17. The van der Waals surface area contributed by atoms with Gasteiger partial charge in [-0.15, -0.1) is 0 Å². The van der Waals surface area contributed by atoms with Gasteiger partial charge in [-0.05, 0) is 48.0 Å². The number of hydrogen-bond donors (Lipinski definition) is 3. The van der Waals surface area contributed by atoms with Crippen LogP contribution in [-0.2, 0) is 11.8 Å². The zero-order chi connectivity index (χ0) is 24.2. The van der Waals surface area contributed by atoms with Crippen LogP contribution < -0.4 is 16.0 Å². The largest absolute Gasteiger partial charge is 0.339 e. The third-order valence-electron chi connectivity index (χ3n) is 4.54. The van der Waals surface area contributed by atoms with Gasteiger partial charge in [-0.1, -0.05) is 34.1 Å². The summed E-state index contributed by atoms with van der Waals surface area (Å²) < 4.78 is 16.4. The van der Waals surface area contributed by atoms with Crippen molar-refractivity contribution in [1.82, 2.24) is 19.7 Å². The second-order valence-electron chi connectivity index (χ2n) is 7.19. The molecule has 0 aliphatic carbocycles. The number of nitrogens with zero attached hydrogens (tertiary/aromatic N) is 4. The van der Waals surface area contributed by atoms with Crippen LogP contribution in [0.3, 0.4) is 0 Å². The molecule has 4 rings (SSSR count). The molecule has 0 fully saturated rings. The van der Waals surface area contributed by atoms with Crippen LogP contribution in [0.2, 0.25) is 5.02 Å². The van der Waals surface area contributed by atoms with Crippen molar-refractivity contribution in [2.75, 3.05) is 16.0 Å². The van der Waals surface area contributed by atoms with E-state index in [0.717, 1.165) is 4.47 Å². The van der Waals surface area contributed by atoms with Crippen molar-refractivity contribution >= 4 is 62.3 Å². The molecule has 11 heteroatoms. The van der Waals surface area contributed by atoms with Crippen molar-refractivity contribution in [1.29, 1.82) is 0 Å². The predicted molar refractivity (Wildman–Crippen MR) is 135 cm³/mol. The topological polar surface area (TPSA) is 96.8 Å². The van der Waals surface area contributed by atoms with Gasteiger partial charge in [0.05, 0.1) is 11.9 Å². The predicted octanol–water partition coefficient (Wildman–Crippen LogP) is 6.04. The maximum Gasteiger partial charge on any atom is 0.247 e. The van der Waals surface area contributed by atoms with Crippen LogP contribution in [0, 0.1) is 5.82 Å². The summed E-state index contributed by atoms with van der Waals surface area (Å²) in [6.07, 6.45) is 6.16. The molecule has 1 amide bonds. The molecule has 34 heavy (non-hydrogen) atoms. The molecule has 2 aromatic carbocycles. The normalized spacial score (nSPS) is 10.6. The Morgan fingerprint density at radius 1 is 1.12 bits per heavy atom. The van der Waals surface area contributed by atoms with Gasteiger partial charge in [0.2, 0.25) is 11.9 Å². The van der Waals surface area contributed by atoms with Crippen LogP contribution in [-0.4, -0.2) is 25.7 Å². The smallest absolute Gasteiger partial charge is 0.247 e. The average molecular weight is 543 g/mol. The Hall–Kier alpha value is -3.76. The van der Waals surface area contributed by atoms with E-state index in [1.807, 2.05) is 6.07 Å². The standard InChI is InChI=1S/C23H18BrClFN7O/c1-3-21(34)29-17-6-14(24)7-18(9-17)30-22-20(13-4-15(25)8-16(26)5-13)11-27-23(32-22)31-19-10-28-33(2)12-19/h3-12H,1H2,2H3,(H,29,34)(H2,27,30,31,32). The summed E-state index contributed by atoms with van der Waals surface area (Å²) in [4.78, 5) is 20.7. The van der Waals surface area contributed by atoms with Crippen LogP contribution in [0.1, 0.15) is 0 Å². The minimum Gasteiger partial charge on any atom is -0.339 e. The quantitative estimate of drug-likeness (QED) is 0.246. The Morgan fingerprint density at radius 2 is 1.91 bits per heavy atom. The number of rotatable bonds is 7. The Bertz CT molecular complexity index is 1370. The first-order valence-corrected chi connectivity index (χ1v) is 11.1. The molecule has 2 heterocycles. The minimum absolute atomic E-state index is 0.246. The molecule has 0 radical (unpaired) electrons. The fraction of sp³-hybridized carbons (Fsp3) is 0.0435. The molecule has 0 aliphatic heterocycles. The Morgan fingerprint density at radius 3 is 2.62 bits per heavy atom. The number of carbonyl (C=O) groups excluding carboxylic acids is 1. The van der Waals surface area contributed by atoms with Gasteiger partial charge in [-0.3, -0.25) is 9.48 Å². The molecule has 0 bridgehead atoms. The first-order valence-electron chi connectivity index (χ1n) is 9.89. The lowest BCUT2D eigenvalue weighted by molar-refractivity contribution is -0.111. The molecule has 172 valence electrons. The molecular weight excluding hydrogens is 525 g/mol. The summed E-state index contributed by atoms with van der Waals surface area (Å²) in [6.45, 7) is 3.46. The lowest BCUT2D eigenvalue weighted by Crippen LogP contribution is -2.08. The fourth-order valence-corrected chi connectivity index (χ4v) is 3.85. The molecule has 0 atom stereocenters. The van der Waals surface area contributed by atoms with Crippen molar-refractivity contribution in [3.05, 3.63) is 83.0 Å². The second kappa shape index (κ2) is 10.0. The van der Waals surface area contributed by atoms with Crippen molar-refractivity contribution in [2.45, 2.75) is 0 Å². The Balaban J connectivity index is 1.75. The maximum absolute atomic E-state index is 14.1. The SMILES string of the molecule is C=CC(=O)Nc1cc(Br)cc(Nc2nc(Nc3cnn(C)c3)ncc2-c2cc(F)cc(Cl)c2)c1. The maximum atomic E-state index is 14.1. The van der Waals surface area contributed by atoms with Crippen molar-refractivity contribution in [2.24, 2.45) is 7.05 Å². The molecule has 2 aromatic heterocycles. The number of hydrogen-bond acceptors (Lipinski definition) is 6. The highest BCUT2D eigenvalue weighted by Crippen LogP contribution is 2.33. The van der Waals surface area contributed by atoms with Crippen molar-refractivity contribution in [3.63, 3.8) is 0 Å². The molecule has 0 aliphatic rings. The van der Waals surface area contributed by atoms with Crippen LogP contribution in [0.15, 0.2) is 72.1 Å². The highest BCUT2D eigenvalue weighted by molar-refractivity contribution is 9.10. The number of amides is 1. The van der Waals surface area contributed by atoms with Gasteiger partial charge in [0.15, 0.2) is 0 Å². The number of anilines is 5. The van der Waals surface area contributed by atoms with Crippen LogP contribution in [0.4, 0.5) is 33.2 Å². The van der Waals surface area contributed by atoms with Gasteiger partial charge in [-0.25, -0.2) is 9.37 Å². The molecule has 0 unspecified atom stereocenters. The number of nitrogens with one attached hydrogen (secondary N) is 3. The highest BCUT2D eigenvalue weighted by atomic mass is 79.9. The van der Waals surface area contributed by atoms with Crippen molar-refractivity contribution in [3.8, 4) is 11.1 Å². The summed E-state index contributed by atoms with van der Waals surface area (Å²) in [5.74, 6) is -0.133. The first-order chi connectivity index (χ1) is 16.3. The summed E-state index contributed by atoms with van der Waals surface area (Å²) >= 11 is 9.52. The highest BCUT2D eigenvalue weighted by Gasteiger charge is 2.14. The lowest BCUT2D eigenvalue weighted by Gasteiger charge is -2.15. The van der Waals surface area contributed by atoms with Gasteiger partial charge in [-0.2, -0.15) is 10.1 Å². The van der Waals surface area contributed by atoms with Gasteiger partial charge < -0.3 is 16.0 Å². The second-order valence-corrected chi connectivity index (χ2v) is 8.54. The number of aryl methyl sites for hydroxylation is 1. The van der Waals surface area contributed by atoms with E-state index in [0.29, 0.717) is 40.0 Å². The third kappa shape index (κ3) is 5.77. The zero-order valence-electron chi connectivity index (χ0n) is 17.8. The molecule has 0 saturated heterocycles. The van der Waals surface area contributed by atoms with E-state index in [4.69, 9.17) is 11.6 Å². The van der Waals surface area contributed by atoms with Crippen LogP contribution >= 0.6 is 27.5 Å². The molecule has 0 saturated carbocycles. The molecule has 3 N–H and O–H groups in total. The van der Waals surface area contributed by atoms with E-state index < -0.39 is 5.82 Å². The molecular formula is C23H18BrClFN7O. The summed E-state index contributed by atoms with van der Waals surface area (Å²) in [6, 6.07) is 9.47. The molecule has 4 aromatic rings. The number of carbonyl (C=O) groups is 1.